The third-order valence-corrected chi connectivity index (χ3v) is 6.42. The van der Waals surface area contributed by atoms with Gasteiger partial charge in [-0.2, -0.15) is 4.98 Å². The van der Waals surface area contributed by atoms with E-state index in [1.165, 1.54) is 16.9 Å². The molecular formula is C23H24N6O2S. The first-order valence-corrected chi connectivity index (χ1v) is 11.4. The zero-order chi connectivity index (χ0) is 21.9. The number of pyridine rings is 1. The maximum absolute atomic E-state index is 12.6. The van der Waals surface area contributed by atoms with Gasteiger partial charge >= 0.3 is 0 Å². The highest BCUT2D eigenvalue weighted by atomic mass is 32.1. The Kier molecular flexibility index (Phi) is 5.85. The molecule has 0 aliphatic carbocycles. The van der Waals surface area contributed by atoms with Crippen molar-refractivity contribution in [2.24, 2.45) is 0 Å². The van der Waals surface area contributed by atoms with E-state index in [-0.39, 0.29) is 11.9 Å². The third kappa shape index (κ3) is 4.64. The molecule has 1 aliphatic heterocycles. The predicted molar refractivity (Wildman–Crippen MR) is 124 cm³/mol. The number of ether oxygens (including phenoxy) is 1. The van der Waals surface area contributed by atoms with Gasteiger partial charge < -0.3 is 15.8 Å². The Morgan fingerprint density at radius 2 is 1.88 bits per heavy atom. The van der Waals surface area contributed by atoms with Gasteiger partial charge in [-0.3, -0.25) is 9.69 Å². The lowest BCUT2D eigenvalue weighted by Crippen LogP contribution is -2.35. The Balaban J connectivity index is 1.18. The smallest absolute Gasteiger partial charge is 0.261 e. The van der Waals surface area contributed by atoms with Crippen LogP contribution >= 0.6 is 11.3 Å². The van der Waals surface area contributed by atoms with E-state index < -0.39 is 0 Å². The fourth-order valence-electron chi connectivity index (χ4n) is 3.73. The number of nitrogens with zero attached hydrogens (tertiary/aromatic N) is 4. The highest BCUT2D eigenvalue weighted by Crippen LogP contribution is 2.26. The van der Waals surface area contributed by atoms with Crippen molar-refractivity contribution in [3.63, 3.8) is 0 Å². The number of nitrogens with one attached hydrogen (secondary N) is 1. The van der Waals surface area contributed by atoms with Gasteiger partial charge in [-0.1, -0.05) is 24.3 Å². The number of nitrogens with two attached hydrogens (primary N) is 1. The lowest BCUT2D eigenvalue weighted by Gasteiger charge is -2.26. The Hall–Kier alpha value is -3.27. The van der Waals surface area contributed by atoms with Crippen molar-refractivity contribution in [3.8, 4) is 11.1 Å². The molecule has 0 saturated carbocycles. The van der Waals surface area contributed by atoms with Crippen LogP contribution in [0.3, 0.4) is 0 Å². The van der Waals surface area contributed by atoms with Crippen LogP contribution in [0.5, 0.6) is 0 Å². The summed E-state index contributed by atoms with van der Waals surface area (Å²) < 4.78 is 7.04. The number of carbonyl (C=O) groups is 1. The van der Waals surface area contributed by atoms with Crippen molar-refractivity contribution in [2.75, 3.05) is 32.0 Å². The number of hydrogen-bond donors (Lipinski definition) is 2. The maximum Gasteiger partial charge on any atom is 0.261 e. The first-order chi connectivity index (χ1) is 15.6. The van der Waals surface area contributed by atoms with Crippen LogP contribution in [0.15, 0.2) is 54.0 Å². The van der Waals surface area contributed by atoms with Crippen molar-refractivity contribution >= 4 is 28.8 Å². The largest absolute Gasteiger partial charge is 0.379 e. The van der Waals surface area contributed by atoms with E-state index in [1.807, 2.05) is 29.8 Å². The van der Waals surface area contributed by atoms with Crippen LogP contribution in [0.2, 0.25) is 0 Å². The first kappa shape index (κ1) is 20.6. The molecule has 1 aromatic carbocycles. The normalized spacial score (nSPS) is 14.6. The van der Waals surface area contributed by atoms with Gasteiger partial charge in [-0.05, 0) is 40.3 Å². The molecule has 9 heteroatoms. The lowest BCUT2D eigenvalue weighted by molar-refractivity contribution is 0.0342. The summed E-state index contributed by atoms with van der Waals surface area (Å²) in [6, 6.07) is 14.1. The molecule has 0 bridgehead atoms. The van der Waals surface area contributed by atoms with E-state index in [9.17, 15) is 4.79 Å². The van der Waals surface area contributed by atoms with Crippen molar-refractivity contribution in [3.05, 3.63) is 70.0 Å². The summed E-state index contributed by atoms with van der Waals surface area (Å²) in [7, 11) is 0. The van der Waals surface area contributed by atoms with Gasteiger partial charge in [0.2, 0.25) is 5.95 Å². The second-order valence-corrected chi connectivity index (χ2v) is 8.69. The molecule has 0 radical (unpaired) electrons. The van der Waals surface area contributed by atoms with Gasteiger partial charge in [0.05, 0.1) is 18.1 Å². The van der Waals surface area contributed by atoms with Crippen LogP contribution in [-0.2, 0) is 17.8 Å². The van der Waals surface area contributed by atoms with Crippen LogP contribution < -0.4 is 11.1 Å². The topological polar surface area (TPSA) is 97.8 Å². The SMILES string of the molecule is Nc1nc2ccc(-c3csc(C(=O)NCc4ccc(CN5CCOCC5)cc4)c3)cn2n1. The fraction of sp³-hybridized carbons (Fsp3) is 0.261. The number of benzene rings is 1. The molecule has 3 aromatic heterocycles. The summed E-state index contributed by atoms with van der Waals surface area (Å²) in [5.41, 5.74) is 10.6. The molecule has 1 fully saturated rings. The van der Waals surface area contributed by atoms with Crippen LogP contribution in [0, 0.1) is 0 Å². The first-order valence-electron chi connectivity index (χ1n) is 10.5. The van der Waals surface area contributed by atoms with E-state index in [0.717, 1.165) is 49.5 Å². The third-order valence-electron chi connectivity index (χ3n) is 5.49. The number of thiophene rings is 1. The second-order valence-electron chi connectivity index (χ2n) is 7.78. The highest BCUT2D eigenvalue weighted by Gasteiger charge is 2.12. The Bertz CT molecular complexity index is 1230. The fourth-order valence-corrected chi connectivity index (χ4v) is 4.56. The van der Waals surface area contributed by atoms with Gasteiger partial charge in [0.25, 0.3) is 5.91 Å². The van der Waals surface area contributed by atoms with E-state index in [2.05, 4.69) is 44.6 Å². The number of hydrogen-bond acceptors (Lipinski definition) is 7. The van der Waals surface area contributed by atoms with Crippen molar-refractivity contribution in [1.82, 2.24) is 24.8 Å². The maximum atomic E-state index is 12.6. The minimum absolute atomic E-state index is 0.0790. The standard InChI is InChI=1S/C23H24N6O2S/c24-23-26-21-6-5-18(14-29(21)27-23)19-11-20(32-15-19)22(30)25-12-16-1-3-17(4-2-16)13-28-7-9-31-10-8-28/h1-6,11,14-15H,7-10,12-13H2,(H2,24,27)(H,25,30). The van der Waals surface area contributed by atoms with Crippen molar-refractivity contribution < 1.29 is 9.53 Å². The van der Waals surface area contributed by atoms with Gasteiger partial charge in [0.15, 0.2) is 5.65 Å². The lowest BCUT2D eigenvalue weighted by atomic mass is 10.1. The van der Waals surface area contributed by atoms with Crippen molar-refractivity contribution in [2.45, 2.75) is 13.1 Å². The molecular weight excluding hydrogens is 424 g/mol. The Morgan fingerprint density at radius 1 is 1.09 bits per heavy atom. The predicted octanol–water partition coefficient (Wildman–Crippen LogP) is 2.80. The summed E-state index contributed by atoms with van der Waals surface area (Å²) in [5.74, 6) is 0.159. The Morgan fingerprint density at radius 3 is 2.69 bits per heavy atom. The molecule has 0 atom stereocenters. The van der Waals surface area contributed by atoms with Crippen LogP contribution in [0.25, 0.3) is 16.8 Å². The summed E-state index contributed by atoms with van der Waals surface area (Å²) >= 11 is 1.42. The molecule has 1 saturated heterocycles. The number of aromatic nitrogens is 3. The quantitative estimate of drug-likeness (QED) is 0.471. The molecule has 5 rings (SSSR count). The summed E-state index contributed by atoms with van der Waals surface area (Å²) in [6.45, 7) is 4.98. The average molecular weight is 449 g/mol. The summed E-state index contributed by atoms with van der Waals surface area (Å²) in [5, 5.41) is 9.13. The minimum Gasteiger partial charge on any atom is -0.379 e. The summed E-state index contributed by atoms with van der Waals surface area (Å²) in [4.78, 5) is 19.8. The molecule has 0 unspecified atom stereocenters. The van der Waals surface area contributed by atoms with Crippen LogP contribution in [0.1, 0.15) is 20.8 Å². The molecule has 8 nitrogen and oxygen atoms in total. The molecule has 1 amide bonds. The summed E-state index contributed by atoms with van der Waals surface area (Å²) in [6.07, 6.45) is 1.86. The number of morpholine rings is 1. The Labute approximate surface area is 189 Å². The number of carbonyl (C=O) groups excluding carboxylic acids is 1. The monoisotopic (exact) mass is 448 g/mol. The highest BCUT2D eigenvalue weighted by molar-refractivity contribution is 7.12. The number of nitrogen functional groups attached to an aromatic ring is 1. The van der Waals surface area contributed by atoms with Gasteiger partial charge in [0, 0.05) is 37.9 Å². The van der Waals surface area contributed by atoms with E-state index in [4.69, 9.17) is 10.5 Å². The average Bonchev–Trinajstić information content (AvgIpc) is 3.45. The van der Waals surface area contributed by atoms with Gasteiger partial charge in [-0.15, -0.1) is 16.4 Å². The van der Waals surface area contributed by atoms with E-state index in [1.54, 1.807) is 4.52 Å². The number of anilines is 1. The van der Waals surface area contributed by atoms with Gasteiger partial charge in [0.1, 0.15) is 0 Å². The molecule has 1 aliphatic rings. The van der Waals surface area contributed by atoms with E-state index in [0.29, 0.717) is 17.1 Å². The minimum atomic E-state index is -0.0790. The zero-order valence-electron chi connectivity index (χ0n) is 17.5. The molecule has 4 heterocycles. The number of amides is 1. The zero-order valence-corrected chi connectivity index (χ0v) is 18.3. The number of fused-ring (bicyclic) bond motifs is 1. The van der Waals surface area contributed by atoms with E-state index >= 15 is 0 Å². The second kappa shape index (κ2) is 9.07. The van der Waals surface area contributed by atoms with Crippen LogP contribution in [-0.4, -0.2) is 51.7 Å². The van der Waals surface area contributed by atoms with Crippen molar-refractivity contribution in [1.29, 1.82) is 0 Å². The molecule has 4 aromatic rings. The molecule has 32 heavy (non-hydrogen) atoms. The number of rotatable bonds is 6. The van der Waals surface area contributed by atoms with Crippen LogP contribution in [0.4, 0.5) is 5.95 Å². The molecule has 0 spiro atoms. The molecule has 164 valence electrons. The molecule has 3 N–H and O–H groups in total. The van der Waals surface area contributed by atoms with Gasteiger partial charge in [-0.25, -0.2) is 4.52 Å².